The van der Waals surface area contributed by atoms with Gasteiger partial charge in [0.25, 0.3) is 0 Å². The smallest absolute Gasteiger partial charge is 0.306 e. The van der Waals surface area contributed by atoms with E-state index in [4.69, 9.17) is 14.6 Å². The molecule has 0 unspecified atom stereocenters. The van der Waals surface area contributed by atoms with Crippen molar-refractivity contribution in [1.82, 2.24) is 0 Å². The van der Waals surface area contributed by atoms with Crippen molar-refractivity contribution < 1.29 is 24.2 Å². The Hall–Kier alpha value is -1.36. The third kappa shape index (κ3) is 6.18. The molecule has 0 aromatic carbocycles. The number of carbonyl (C=O) groups is 2. The van der Waals surface area contributed by atoms with Gasteiger partial charge in [0.2, 0.25) is 0 Å². The summed E-state index contributed by atoms with van der Waals surface area (Å²) in [6.07, 6.45) is 16.3. The van der Waals surface area contributed by atoms with Crippen LogP contribution in [0.1, 0.15) is 118 Å². The van der Waals surface area contributed by atoms with Gasteiger partial charge in [0.15, 0.2) is 0 Å². The van der Waals surface area contributed by atoms with Crippen LogP contribution in [0.2, 0.25) is 0 Å². The van der Waals surface area contributed by atoms with E-state index in [9.17, 15) is 9.59 Å². The Morgan fingerprint density at radius 1 is 1.00 bits per heavy atom. The molecule has 0 bridgehead atoms. The van der Waals surface area contributed by atoms with E-state index in [2.05, 4.69) is 40.7 Å². The standard InChI is InChI=1S/C33H54O5/c1-22(2)7-6-8-23(3)27-11-12-28-26-10-9-24-21-25(38-31(36)14-13-30(35)37-20-19-34)15-17-32(24,4)29(26)16-18-33(27,28)5/h9,22-23,25-29,34H,6-8,10-21H2,1-5H3/t23-,25+,26+,27-,28+,29+,32+,33-/m1/s1. The molecular formula is C33H54O5. The molecule has 0 aromatic heterocycles. The largest absolute Gasteiger partial charge is 0.463 e. The van der Waals surface area contributed by atoms with E-state index in [1.165, 1.54) is 56.9 Å². The molecule has 0 saturated heterocycles. The SMILES string of the molecule is CC(C)CCC[C@@H](C)[C@H]1CC[C@H]2[C@@H]3CC=C4C[C@@H](OC(=O)CCC(=O)OCCO)CC[C@]4(C)[C@H]3CC[C@]12C. The summed E-state index contributed by atoms with van der Waals surface area (Å²) in [5.74, 6) is 4.18. The topological polar surface area (TPSA) is 72.8 Å². The first-order chi connectivity index (χ1) is 18.1. The number of aliphatic hydroxyl groups is 1. The predicted octanol–water partition coefficient (Wildman–Crippen LogP) is 7.26. The predicted molar refractivity (Wildman–Crippen MR) is 150 cm³/mol. The van der Waals surface area contributed by atoms with Crippen LogP contribution in [0.3, 0.4) is 0 Å². The van der Waals surface area contributed by atoms with Gasteiger partial charge in [-0.2, -0.15) is 0 Å². The minimum Gasteiger partial charge on any atom is -0.463 e. The van der Waals surface area contributed by atoms with Crippen LogP contribution in [0, 0.1) is 46.3 Å². The van der Waals surface area contributed by atoms with Crippen LogP contribution in [0.5, 0.6) is 0 Å². The van der Waals surface area contributed by atoms with Crippen LogP contribution in [-0.2, 0) is 19.1 Å². The fourth-order valence-electron chi connectivity index (χ4n) is 9.43. The van der Waals surface area contributed by atoms with E-state index >= 15 is 0 Å². The molecule has 3 saturated carbocycles. The molecule has 1 N–H and O–H groups in total. The van der Waals surface area contributed by atoms with Gasteiger partial charge in [-0.3, -0.25) is 9.59 Å². The average Bonchev–Trinajstić information content (AvgIpc) is 3.23. The molecule has 0 amide bonds. The van der Waals surface area contributed by atoms with E-state index in [0.29, 0.717) is 5.41 Å². The summed E-state index contributed by atoms with van der Waals surface area (Å²) in [5.41, 5.74) is 2.26. The lowest BCUT2D eigenvalue weighted by atomic mass is 9.47. The summed E-state index contributed by atoms with van der Waals surface area (Å²) in [6.45, 7) is 12.2. The van der Waals surface area contributed by atoms with Crippen LogP contribution in [0.15, 0.2) is 11.6 Å². The van der Waals surface area contributed by atoms with Crippen LogP contribution in [-0.4, -0.2) is 36.4 Å². The molecule has 0 radical (unpaired) electrons. The molecule has 5 nitrogen and oxygen atoms in total. The van der Waals surface area contributed by atoms with E-state index in [-0.39, 0.29) is 43.5 Å². The van der Waals surface area contributed by atoms with Crippen molar-refractivity contribution in [2.45, 2.75) is 124 Å². The molecule has 0 spiro atoms. The summed E-state index contributed by atoms with van der Waals surface area (Å²) in [6, 6.07) is 0. The zero-order chi connectivity index (χ0) is 27.5. The lowest BCUT2D eigenvalue weighted by Crippen LogP contribution is -2.51. The quantitative estimate of drug-likeness (QED) is 0.225. The zero-order valence-electron chi connectivity index (χ0n) is 24.8. The van der Waals surface area contributed by atoms with Crippen LogP contribution in [0.4, 0.5) is 0 Å². The van der Waals surface area contributed by atoms with Crippen molar-refractivity contribution in [3.63, 3.8) is 0 Å². The number of carbonyl (C=O) groups excluding carboxylic acids is 2. The third-order valence-corrected chi connectivity index (χ3v) is 11.4. The van der Waals surface area contributed by atoms with Gasteiger partial charge in [0.05, 0.1) is 19.4 Å². The van der Waals surface area contributed by atoms with Crippen molar-refractivity contribution in [2.75, 3.05) is 13.2 Å². The first kappa shape index (κ1) is 29.6. The second-order valence-electron chi connectivity index (χ2n) is 14.1. The Morgan fingerprint density at radius 3 is 2.50 bits per heavy atom. The van der Waals surface area contributed by atoms with Crippen LogP contribution in [0.25, 0.3) is 0 Å². The van der Waals surface area contributed by atoms with E-state index in [1.54, 1.807) is 0 Å². The Kier molecular flexibility index (Phi) is 9.69. The van der Waals surface area contributed by atoms with E-state index in [1.807, 2.05) is 0 Å². The van der Waals surface area contributed by atoms with Gasteiger partial charge in [-0.15, -0.1) is 0 Å². The molecule has 3 fully saturated rings. The van der Waals surface area contributed by atoms with Crippen molar-refractivity contribution in [3.8, 4) is 0 Å². The molecule has 0 aliphatic heterocycles. The Balaban J connectivity index is 1.34. The monoisotopic (exact) mass is 530 g/mol. The number of hydrogen-bond donors (Lipinski definition) is 1. The lowest BCUT2D eigenvalue weighted by molar-refractivity contribution is -0.155. The Morgan fingerprint density at radius 2 is 1.76 bits per heavy atom. The third-order valence-electron chi connectivity index (χ3n) is 11.4. The van der Waals surface area contributed by atoms with Gasteiger partial charge in [0.1, 0.15) is 12.7 Å². The van der Waals surface area contributed by atoms with E-state index < -0.39 is 5.97 Å². The number of allylic oxidation sites excluding steroid dienone is 1. The van der Waals surface area contributed by atoms with Crippen molar-refractivity contribution in [3.05, 3.63) is 11.6 Å². The molecule has 4 aliphatic carbocycles. The molecule has 8 atom stereocenters. The maximum absolute atomic E-state index is 12.4. The summed E-state index contributed by atoms with van der Waals surface area (Å²) >= 11 is 0. The molecule has 0 heterocycles. The summed E-state index contributed by atoms with van der Waals surface area (Å²) < 4.78 is 10.7. The fraction of sp³-hybridized carbons (Fsp3) is 0.879. The highest BCUT2D eigenvalue weighted by Gasteiger charge is 2.59. The maximum atomic E-state index is 12.4. The summed E-state index contributed by atoms with van der Waals surface area (Å²) in [5, 5.41) is 8.76. The average molecular weight is 531 g/mol. The first-order valence-electron chi connectivity index (χ1n) is 15.7. The number of aliphatic hydroxyl groups excluding tert-OH is 1. The highest BCUT2D eigenvalue weighted by atomic mass is 16.5. The molecule has 216 valence electrons. The van der Waals surface area contributed by atoms with Gasteiger partial charge in [-0.05, 0) is 91.3 Å². The second-order valence-corrected chi connectivity index (χ2v) is 14.1. The van der Waals surface area contributed by atoms with Crippen molar-refractivity contribution in [1.29, 1.82) is 0 Å². The van der Waals surface area contributed by atoms with Gasteiger partial charge in [-0.25, -0.2) is 0 Å². The highest BCUT2D eigenvalue weighted by Crippen LogP contribution is 2.67. The minimum atomic E-state index is -0.461. The molecule has 5 heteroatoms. The molecule has 4 rings (SSSR count). The zero-order valence-corrected chi connectivity index (χ0v) is 24.8. The number of ether oxygens (including phenoxy) is 2. The number of esters is 2. The Bertz CT molecular complexity index is 863. The van der Waals surface area contributed by atoms with Gasteiger partial charge in [-0.1, -0.05) is 65.5 Å². The molecular weight excluding hydrogens is 476 g/mol. The fourth-order valence-corrected chi connectivity index (χ4v) is 9.43. The first-order valence-corrected chi connectivity index (χ1v) is 15.7. The van der Waals surface area contributed by atoms with Gasteiger partial charge >= 0.3 is 11.9 Å². The maximum Gasteiger partial charge on any atom is 0.306 e. The summed E-state index contributed by atoms with van der Waals surface area (Å²) in [7, 11) is 0. The van der Waals surface area contributed by atoms with E-state index in [0.717, 1.165) is 54.8 Å². The van der Waals surface area contributed by atoms with Gasteiger partial charge < -0.3 is 14.6 Å². The van der Waals surface area contributed by atoms with Crippen molar-refractivity contribution in [2.24, 2.45) is 46.3 Å². The summed E-state index contributed by atoms with van der Waals surface area (Å²) in [4.78, 5) is 24.0. The number of hydrogen-bond acceptors (Lipinski definition) is 5. The highest BCUT2D eigenvalue weighted by molar-refractivity contribution is 5.77. The molecule has 0 aromatic rings. The van der Waals surface area contributed by atoms with Crippen LogP contribution >= 0.6 is 0 Å². The van der Waals surface area contributed by atoms with Crippen LogP contribution < -0.4 is 0 Å². The molecule has 38 heavy (non-hydrogen) atoms. The van der Waals surface area contributed by atoms with Gasteiger partial charge in [0, 0.05) is 6.42 Å². The van der Waals surface area contributed by atoms with Crippen molar-refractivity contribution >= 4 is 11.9 Å². The second kappa shape index (κ2) is 12.4. The minimum absolute atomic E-state index is 0.00716. The normalized spacial score (nSPS) is 37.0. The molecule has 4 aliphatic rings. The number of fused-ring (bicyclic) bond motifs is 5. The Labute approximate surface area is 231 Å². The lowest BCUT2D eigenvalue weighted by Gasteiger charge is -2.58. The number of rotatable bonds is 11.